The normalized spacial score (nSPS) is 20.3. The monoisotopic (exact) mass is 893 g/mol. The van der Waals surface area contributed by atoms with E-state index in [2.05, 4.69) is 131 Å². The fraction of sp³-hybridized carbons (Fsp3) is 0.741. The van der Waals surface area contributed by atoms with Crippen molar-refractivity contribution < 1.29 is 38.7 Å². The summed E-state index contributed by atoms with van der Waals surface area (Å²) in [7, 11) is 0. The zero-order valence-electron chi connectivity index (χ0n) is 42.5. The van der Waals surface area contributed by atoms with Gasteiger partial charge in [0.2, 0.25) is 0 Å². The third-order valence-corrected chi connectivity index (χ3v) is 13.6. The fourth-order valence-electron chi connectivity index (χ4n) is 10.4. The largest absolute Gasteiger partial charge is 0.491 e. The third kappa shape index (κ3) is 16.3. The van der Waals surface area contributed by atoms with Crippen LogP contribution in [0.3, 0.4) is 0 Å². The van der Waals surface area contributed by atoms with Gasteiger partial charge in [0.05, 0.1) is 0 Å². The minimum absolute atomic E-state index is 0.0714. The molecule has 2 aliphatic rings. The number of hydrogen-bond donors (Lipinski definition) is 2. The molecule has 0 aliphatic carbocycles. The Balaban J connectivity index is 1.07. The first-order valence-corrected chi connectivity index (χ1v) is 24.3. The predicted molar refractivity (Wildman–Crippen MR) is 258 cm³/mol. The van der Waals surface area contributed by atoms with Crippen molar-refractivity contribution in [3.63, 3.8) is 0 Å². The van der Waals surface area contributed by atoms with Gasteiger partial charge in [0, 0.05) is 73.8 Å². The number of β-amino-alcohol motifs (C(OH)–C–C–N with tert-alkyl or cyclic N) is 2. The summed E-state index contributed by atoms with van der Waals surface area (Å²) in [6.07, 6.45) is 7.46. The molecular weight excluding hydrogens is 805 g/mol. The molecule has 2 fully saturated rings. The van der Waals surface area contributed by atoms with E-state index in [1.165, 1.54) is 11.1 Å². The highest BCUT2D eigenvalue weighted by Gasteiger charge is 2.48. The van der Waals surface area contributed by atoms with Crippen LogP contribution < -0.4 is 9.47 Å². The van der Waals surface area contributed by atoms with E-state index < -0.39 is 12.2 Å². The zero-order chi connectivity index (χ0) is 47.7. The second-order valence-corrected chi connectivity index (χ2v) is 23.6. The molecule has 2 aromatic carbocycles. The summed E-state index contributed by atoms with van der Waals surface area (Å²) in [5.74, 6) is 1.22. The maximum Gasteiger partial charge on any atom is 0.306 e. The van der Waals surface area contributed by atoms with Gasteiger partial charge in [0.15, 0.2) is 0 Å². The number of benzene rings is 2. The molecule has 2 saturated heterocycles. The Morgan fingerprint density at radius 3 is 1.09 bits per heavy atom. The number of piperidine rings is 2. The van der Waals surface area contributed by atoms with E-state index in [0.717, 1.165) is 50.0 Å². The molecule has 10 nitrogen and oxygen atoms in total. The Hall–Kier alpha value is -3.18. The van der Waals surface area contributed by atoms with Gasteiger partial charge in [-0.3, -0.25) is 19.4 Å². The van der Waals surface area contributed by atoms with Crippen LogP contribution in [0.4, 0.5) is 0 Å². The number of ether oxygens (including phenoxy) is 4. The molecule has 2 aromatic rings. The van der Waals surface area contributed by atoms with Crippen molar-refractivity contribution in [3.8, 4) is 11.5 Å². The first kappa shape index (κ1) is 53.4. The lowest BCUT2D eigenvalue weighted by molar-refractivity contribution is -0.163. The van der Waals surface area contributed by atoms with Crippen LogP contribution in [0.15, 0.2) is 48.5 Å². The molecule has 2 unspecified atom stereocenters. The lowest BCUT2D eigenvalue weighted by Gasteiger charge is -2.55. The maximum absolute atomic E-state index is 13.0. The Labute approximate surface area is 388 Å². The van der Waals surface area contributed by atoms with Gasteiger partial charge < -0.3 is 29.2 Å². The van der Waals surface area contributed by atoms with Crippen LogP contribution in [0.5, 0.6) is 11.5 Å². The molecule has 10 heteroatoms. The van der Waals surface area contributed by atoms with Crippen LogP contribution in [0.25, 0.3) is 0 Å². The van der Waals surface area contributed by atoms with Gasteiger partial charge in [-0.1, -0.05) is 91.5 Å². The first-order valence-electron chi connectivity index (χ1n) is 24.3. The summed E-state index contributed by atoms with van der Waals surface area (Å²) in [6, 6.07) is 16.2. The highest BCUT2D eigenvalue weighted by atomic mass is 16.5. The summed E-state index contributed by atoms with van der Waals surface area (Å²) < 4.78 is 24.0. The molecule has 2 heterocycles. The van der Waals surface area contributed by atoms with E-state index in [1.54, 1.807) is 0 Å². The molecule has 2 atom stereocenters. The minimum Gasteiger partial charge on any atom is -0.491 e. The lowest BCUT2D eigenvalue weighted by Crippen LogP contribution is -2.64. The third-order valence-electron chi connectivity index (χ3n) is 13.6. The SMILES string of the molecule is CC(C)(C)c1ccc(OCC(O)CN2C(C)(C)CC(OC(=O)CCCCCCCCC(=O)OC3CC(C)(C)N(CC(O)COc4ccc(C(C)(C)C)cc4)C(C)(C)C3)CC2(C)C)cc1. The van der Waals surface area contributed by atoms with Crippen molar-refractivity contribution in [1.82, 2.24) is 9.80 Å². The van der Waals surface area contributed by atoms with E-state index >= 15 is 0 Å². The number of carbonyl (C=O) groups excluding carboxylic acids is 2. The Bertz CT molecular complexity index is 1590. The lowest BCUT2D eigenvalue weighted by atomic mass is 9.77. The second kappa shape index (κ2) is 22.1. The van der Waals surface area contributed by atoms with Crippen LogP contribution in [-0.2, 0) is 29.9 Å². The number of unbranched alkanes of at least 4 members (excludes halogenated alkanes) is 5. The molecule has 0 amide bonds. The molecule has 0 bridgehead atoms. The number of esters is 2. The van der Waals surface area contributed by atoms with Gasteiger partial charge in [0.1, 0.15) is 49.1 Å². The second-order valence-electron chi connectivity index (χ2n) is 23.6. The van der Waals surface area contributed by atoms with Crippen LogP contribution in [-0.4, -0.2) is 105 Å². The molecule has 2 aliphatic heterocycles. The van der Waals surface area contributed by atoms with Crippen molar-refractivity contribution in [2.45, 2.75) is 231 Å². The number of carbonyl (C=O) groups is 2. The summed E-state index contributed by atoms with van der Waals surface area (Å²) >= 11 is 0. The minimum atomic E-state index is -0.661. The fourth-order valence-corrected chi connectivity index (χ4v) is 10.4. The predicted octanol–water partition coefficient (Wildman–Crippen LogP) is 10.7. The summed E-state index contributed by atoms with van der Waals surface area (Å²) in [5, 5.41) is 22.0. The van der Waals surface area contributed by atoms with Gasteiger partial charge in [-0.25, -0.2) is 0 Å². The quantitative estimate of drug-likeness (QED) is 0.0926. The van der Waals surface area contributed by atoms with Crippen molar-refractivity contribution in [2.75, 3.05) is 26.3 Å². The van der Waals surface area contributed by atoms with Gasteiger partial charge in [-0.15, -0.1) is 0 Å². The molecule has 362 valence electrons. The number of aliphatic hydroxyl groups is 2. The summed E-state index contributed by atoms with van der Waals surface area (Å²) in [6.45, 7) is 31.8. The molecule has 0 saturated carbocycles. The van der Waals surface area contributed by atoms with E-state index in [1.807, 2.05) is 24.3 Å². The Kier molecular flexibility index (Phi) is 18.4. The van der Waals surface area contributed by atoms with Crippen molar-refractivity contribution >= 4 is 11.9 Å². The van der Waals surface area contributed by atoms with Gasteiger partial charge in [0.25, 0.3) is 0 Å². The molecule has 0 aromatic heterocycles. The van der Waals surface area contributed by atoms with Gasteiger partial charge >= 0.3 is 11.9 Å². The van der Waals surface area contributed by atoms with E-state index in [0.29, 0.717) is 51.6 Å². The van der Waals surface area contributed by atoms with Crippen molar-refractivity contribution in [2.24, 2.45) is 0 Å². The Morgan fingerprint density at radius 1 is 0.531 bits per heavy atom. The number of rotatable bonds is 21. The summed E-state index contributed by atoms with van der Waals surface area (Å²) in [5.41, 5.74) is 1.51. The van der Waals surface area contributed by atoms with E-state index in [4.69, 9.17) is 18.9 Å². The maximum atomic E-state index is 13.0. The summed E-state index contributed by atoms with van der Waals surface area (Å²) in [4.78, 5) is 30.6. The number of aliphatic hydroxyl groups excluding tert-OH is 2. The topological polar surface area (TPSA) is 118 Å². The number of nitrogens with zero attached hydrogens (tertiary/aromatic N) is 2. The molecule has 2 N–H and O–H groups in total. The molecule has 4 rings (SSSR count). The van der Waals surface area contributed by atoms with E-state index in [9.17, 15) is 19.8 Å². The molecule has 0 radical (unpaired) electrons. The van der Waals surface area contributed by atoms with Crippen molar-refractivity contribution in [1.29, 1.82) is 0 Å². The first-order chi connectivity index (χ1) is 29.6. The van der Waals surface area contributed by atoms with Gasteiger partial charge in [-0.2, -0.15) is 0 Å². The highest BCUT2D eigenvalue weighted by Crippen LogP contribution is 2.41. The van der Waals surface area contributed by atoms with Crippen LogP contribution in [0.1, 0.15) is 185 Å². The van der Waals surface area contributed by atoms with Crippen LogP contribution >= 0.6 is 0 Å². The van der Waals surface area contributed by atoms with Crippen LogP contribution in [0, 0.1) is 0 Å². The van der Waals surface area contributed by atoms with Crippen molar-refractivity contribution in [3.05, 3.63) is 59.7 Å². The smallest absolute Gasteiger partial charge is 0.306 e. The average molecular weight is 893 g/mol. The Morgan fingerprint density at radius 2 is 0.812 bits per heavy atom. The van der Waals surface area contributed by atoms with Crippen LogP contribution in [0.2, 0.25) is 0 Å². The van der Waals surface area contributed by atoms with E-state index in [-0.39, 0.29) is 70.3 Å². The standard InChI is InChI=1S/C54H88N2O8/c1-49(2,3)39-23-27-43(28-24-39)61-37-41(57)35-55-51(7,8)31-45(32-52(55,9)10)63-47(59)21-19-17-15-16-18-20-22-48(60)64-46-33-53(11,12)56(54(13,14)34-46)36-42(58)38-62-44-29-25-40(26-30-44)50(4,5)6/h23-30,41-42,45-46,57-58H,15-22,31-38H2,1-14H3. The molecular formula is C54H88N2O8. The highest BCUT2D eigenvalue weighted by molar-refractivity contribution is 5.70. The van der Waals surface area contributed by atoms with Gasteiger partial charge in [-0.05, 0) is 114 Å². The number of likely N-dealkylation sites (tertiary alicyclic amines) is 2. The molecule has 64 heavy (non-hydrogen) atoms. The molecule has 0 spiro atoms. The zero-order valence-corrected chi connectivity index (χ0v) is 42.5. The average Bonchev–Trinajstić information content (AvgIpc) is 3.16. The number of hydrogen-bond acceptors (Lipinski definition) is 10.